The molecule has 0 spiro atoms. The molecule has 1 aromatic heterocycles. The molecule has 7 heteroatoms. The molecule has 2 heterocycles. The van der Waals surface area contributed by atoms with Gasteiger partial charge in [0, 0.05) is 43.3 Å². The molecule has 2 N–H and O–H groups in total. The van der Waals surface area contributed by atoms with E-state index >= 15 is 0 Å². The number of para-hydroxylation sites is 1. The minimum Gasteiger partial charge on any atom is -0.380 e. The lowest BCUT2D eigenvalue weighted by atomic mass is 10.1. The highest BCUT2D eigenvalue weighted by Gasteiger charge is 2.26. The first kappa shape index (κ1) is 19.4. The maximum Gasteiger partial charge on any atom is 0.224 e. The lowest BCUT2D eigenvalue weighted by molar-refractivity contribution is -0.130. The molecule has 29 heavy (non-hydrogen) atoms. The van der Waals surface area contributed by atoms with Gasteiger partial charge in [-0.25, -0.2) is 0 Å². The predicted molar refractivity (Wildman–Crippen MR) is 117 cm³/mol. The number of H-pyrrole nitrogens is 1. The number of nitrogens with one attached hydrogen (secondary N) is 2. The second-order valence-electron chi connectivity index (χ2n) is 7.46. The van der Waals surface area contributed by atoms with Crippen LogP contribution in [0.5, 0.6) is 0 Å². The third-order valence-electron chi connectivity index (χ3n) is 5.30. The summed E-state index contributed by atoms with van der Waals surface area (Å²) in [5.41, 5.74) is 3.28. The van der Waals surface area contributed by atoms with Crippen LogP contribution in [-0.2, 0) is 11.3 Å². The molecular formula is C22H25N5OS. The molecule has 1 aliphatic rings. The van der Waals surface area contributed by atoms with Crippen LogP contribution in [0.3, 0.4) is 0 Å². The third-order valence-corrected chi connectivity index (χ3v) is 5.61. The number of likely N-dealkylation sites (tertiary alicyclic amines) is 1. The van der Waals surface area contributed by atoms with Crippen LogP contribution in [0.25, 0.3) is 11.4 Å². The Kier molecular flexibility index (Phi) is 5.76. The van der Waals surface area contributed by atoms with E-state index < -0.39 is 0 Å². The Balaban J connectivity index is 1.36. The monoisotopic (exact) mass is 407 g/mol. The molecule has 0 radical (unpaired) electrons. The van der Waals surface area contributed by atoms with Crippen LogP contribution in [0.1, 0.15) is 18.4 Å². The van der Waals surface area contributed by atoms with E-state index in [0.29, 0.717) is 23.8 Å². The van der Waals surface area contributed by atoms with Gasteiger partial charge in [0.1, 0.15) is 0 Å². The Labute approximate surface area is 175 Å². The largest absolute Gasteiger partial charge is 0.380 e. The van der Waals surface area contributed by atoms with Crippen molar-refractivity contribution in [2.45, 2.75) is 32.4 Å². The topological polar surface area (TPSA) is 66.0 Å². The number of hydrogen-bond donors (Lipinski definition) is 2. The number of aryl methyl sites for hydroxylation is 1. The average Bonchev–Trinajstić information content (AvgIpc) is 3.34. The minimum absolute atomic E-state index is 0.153. The zero-order chi connectivity index (χ0) is 20.2. The molecular weight excluding hydrogens is 382 g/mol. The second kappa shape index (κ2) is 8.61. The lowest BCUT2D eigenvalue weighted by Crippen LogP contribution is -2.32. The van der Waals surface area contributed by atoms with Crippen molar-refractivity contribution in [3.8, 4) is 11.4 Å². The van der Waals surface area contributed by atoms with E-state index in [0.717, 1.165) is 36.6 Å². The number of hydrogen-bond acceptors (Lipinski definition) is 4. The van der Waals surface area contributed by atoms with E-state index in [1.165, 1.54) is 5.56 Å². The molecule has 2 aromatic carbocycles. The number of benzene rings is 2. The smallest absolute Gasteiger partial charge is 0.224 e. The summed E-state index contributed by atoms with van der Waals surface area (Å²) >= 11 is 5.39. The van der Waals surface area contributed by atoms with E-state index in [1.807, 2.05) is 51.9 Å². The molecule has 4 rings (SSSR count). The summed E-state index contributed by atoms with van der Waals surface area (Å²) in [4.78, 5) is 14.7. The van der Waals surface area contributed by atoms with Crippen LogP contribution in [0, 0.1) is 11.7 Å². The maximum absolute atomic E-state index is 12.8. The van der Waals surface area contributed by atoms with E-state index in [1.54, 1.807) is 0 Å². The van der Waals surface area contributed by atoms with Crippen LogP contribution in [0.15, 0.2) is 54.6 Å². The van der Waals surface area contributed by atoms with Crippen molar-refractivity contribution < 1.29 is 4.79 Å². The van der Waals surface area contributed by atoms with E-state index in [-0.39, 0.29) is 5.91 Å². The van der Waals surface area contributed by atoms with Gasteiger partial charge in [-0.15, -0.1) is 0 Å². The Hall–Kier alpha value is -2.93. The lowest BCUT2D eigenvalue weighted by Gasteiger charge is -2.18. The van der Waals surface area contributed by atoms with E-state index in [4.69, 9.17) is 12.2 Å². The number of anilines is 1. The zero-order valence-corrected chi connectivity index (χ0v) is 17.3. The first-order valence-corrected chi connectivity index (χ1v) is 10.3. The summed E-state index contributed by atoms with van der Waals surface area (Å²) in [6.45, 7) is 4.08. The van der Waals surface area contributed by atoms with Crippen molar-refractivity contribution in [1.29, 1.82) is 0 Å². The summed E-state index contributed by atoms with van der Waals surface area (Å²) in [6, 6.07) is 18.6. The molecule has 1 aliphatic heterocycles. The Morgan fingerprint density at radius 3 is 2.72 bits per heavy atom. The van der Waals surface area contributed by atoms with Crippen LogP contribution < -0.4 is 5.32 Å². The van der Waals surface area contributed by atoms with Gasteiger partial charge >= 0.3 is 0 Å². The molecule has 6 nitrogen and oxygen atoms in total. The van der Waals surface area contributed by atoms with Gasteiger partial charge in [0.05, 0.1) is 0 Å². The maximum atomic E-state index is 12.8. The highest BCUT2D eigenvalue weighted by atomic mass is 32.1. The molecule has 1 fully saturated rings. The number of carbonyl (C=O) groups excluding carboxylic acids is 1. The van der Waals surface area contributed by atoms with Crippen LogP contribution in [0.4, 0.5) is 5.69 Å². The van der Waals surface area contributed by atoms with Gasteiger partial charge in [-0.2, -0.15) is 5.10 Å². The van der Waals surface area contributed by atoms with Crippen LogP contribution in [-0.4, -0.2) is 44.7 Å². The standard InChI is InChI=1S/C22H25N5OS/c1-16-7-9-17(10-8-16)21-24-25-22(29)27(21)14-12-20(28)26-13-11-19(15-26)23-18-5-3-2-4-6-18/h2-10,19,23H,11-15H2,1H3,(H,25,29). The van der Waals surface area contributed by atoms with Crippen LogP contribution >= 0.6 is 12.2 Å². The quantitative estimate of drug-likeness (QED) is 0.606. The molecule has 1 saturated heterocycles. The average molecular weight is 408 g/mol. The van der Waals surface area contributed by atoms with Crippen molar-refractivity contribution in [3.05, 3.63) is 64.9 Å². The van der Waals surface area contributed by atoms with Crippen LogP contribution in [0.2, 0.25) is 0 Å². The summed E-state index contributed by atoms with van der Waals surface area (Å²) in [7, 11) is 0. The van der Waals surface area contributed by atoms with Gasteiger partial charge in [-0.3, -0.25) is 14.5 Å². The first-order valence-electron chi connectivity index (χ1n) is 9.92. The zero-order valence-electron chi connectivity index (χ0n) is 16.5. The number of amides is 1. The molecule has 1 unspecified atom stereocenters. The fraction of sp³-hybridized carbons (Fsp3) is 0.318. The van der Waals surface area contributed by atoms with Crippen molar-refractivity contribution in [2.75, 3.05) is 18.4 Å². The summed E-state index contributed by atoms with van der Waals surface area (Å²) in [5.74, 6) is 0.924. The molecule has 3 aromatic rings. The summed E-state index contributed by atoms with van der Waals surface area (Å²) in [5, 5.41) is 10.7. The summed E-state index contributed by atoms with van der Waals surface area (Å²) in [6.07, 6.45) is 1.37. The Morgan fingerprint density at radius 1 is 1.21 bits per heavy atom. The SMILES string of the molecule is Cc1ccc(-c2n[nH]c(=S)n2CCC(=O)N2CCC(Nc3ccccc3)C2)cc1. The fourth-order valence-electron chi connectivity index (χ4n) is 3.69. The Morgan fingerprint density at radius 2 is 1.97 bits per heavy atom. The predicted octanol–water partition coefficient (Wildman–Crippen LogP) is 4.02. The van der Waals surface area contributed by atoms with E-state index in [2.05, 4.69) is 34.6 Å². The van der Waals surface area contributed by atoms with Gasteiger partial charge in [0.15, 0.2) is 10.6 Å². The highest BCUT2D eigenvalue weighted by molar-refractivity contribution is 7.71. The molecule has 0 saturated carbocycles. The van der Waals surface area contributed by atoms with Crippen molar-refractivity contribution >= 4 is 23.8 Å². The van der Waals surface area contributed by atoms with Gasteiger partial charge in [-0.05, 0) is 37.7 Å². The molecule has 0 bridgehead atoms. The normalized spacial score (nSPS) is 16.2. The fourth-order valence-corrected chi connectivity index (χ4v) is 3.91. The van der Waals surface area contributed by atoms with Crippen molar-refractivity contribution in [1.82, 2.24) is 19.7 Å². The number of aromatic amines is 1. The van der Waals surface area contributed by atoms with Gasteiger partial charge in [-0.1, -0.05) is 48.0 Å². The van der Waals surface area contributed by atoms with Gasteiger partial charge < -0.3 is 10.2 Å². The molecule has 1 amide bonds. The first-order chi connectivity index (χ1) is 14.1. The van der Waals surface area contributed by atoms with Crippen molar-refractivity contribution in [2.24, 2.45) is 0 Å². The van der Waals surface area contributed by atoms with Gasteiger partial charge in [0.25, 0.3) is 0 Å². The summed E-state index contributed by atoms with van der Waals surface area (Å²) < 4.78 is 2.45. The van der Waals surface area contributed by atoms with Crippen molar-refractivity contribution in [3.63, 3.8) is 0 Å². The molecule has 0 aliphatic carbocycles. The second-order valence-corrected chi connectivity index (χ2v) is 7.84. The third kappa shape index (κ3) is 4.56. The van der Waals surface area contributed by atoms with Gasteiger partial charge in [0.2, 0.25) is 5.91 Å². The number of carbonyl (C=O) groups is 1. The minimum atomic E-state index is 0.153. The highest BCUT2D eigenvalue weighted by Crippen LogP contribution is 2.20. The number of aromatic nitrogens is 3. The number of nitrogens with zero attached hydrogens (tertiary/aromatic N) is 3. The number of rotatable bonds is 6. The van der Waals surface area contributed by atoms with E-state index in [9.17, 15) is 4.79 Å². The Bertz CT molecular complexity index is 1030. The molecule has 150 valence electrons. The molecule has 1 atom stereocenters.